The van der Waals surface area contributed by atoms with E-state index in [1.54, 1.807) is 6.20 Å². The number of pyridine rings is 1. The number of piperidine rings is 1. The number of halogens is 3. The van der Waals surface area contributed by atoms with Gasteiger partial charge in [-0.05, 0) is 36.6 Å². The van der Waals surface area contributed by atoms with Crippen molar-refractivity contribution in [2.45, 2.75) is 19.0 Å². The van der Waals surface area contributed by atoms with Gasteiger partial charge in [-0.1, -0.05) is 30.3 Å². The van der Waals surface area contributed by atoms with Gasteiger partial charge >= 0.3 is 6.18 Å². The van der Waals surface area contributed by atoms with E-state index in [1.807, 2.05) is 35.9 Å². The Hall–Kier alpha value is -3.62. The maximum Gasteiger partial charge on any atom is 0.437 e. The molecule has 0 spiro atoms. The van der Waals surface area contributed by atoms with Gasteiger partial charge in [0.05, 0.1) is 18.5 Å². The van der Waals surface area contributed by atoms with Crippen molar-refractivity contribution in [2.75, 3.05) is 24.6 Å². The van der Waals surface area contributed by atoms with Crippen LogP contribution in [0.3, 0.4) is 0 Å². The SMILES string of the molecule is Cn1c(-c2ccccc2)cc2ncc(N3CCCC(COc4cccnc4C(F)(F)F)C3)nc21. The third-order valence-electron chi connectivity index (χ3n) is 6.15. The van der Waals surface area contributed by atoms with E-state index in [1.165, 1.54) is 12.1 Å². The number of alkyl halides is 3. The molecule has 34 heavy (non-hydrogen) atoms. The average Bonchev–Trinajstić information content (AvgIpc) is 3.19. The first-order valence-electron chi connectivity index (χ1n) is 11.2. The van der Waals surface area contributed by atoms with Crippen molar-refractivity contribution in [3.8, 4) is 17.0 Å². The van der Waals surface area contributed by atoms with Crippen LogP contribution in [0.1, 0.15) is 18.5 Å². The van der Waals surface area contributed by atoms with Gasteiger partial charge in [-0.3, -0.25) is 0 Å². The standard InChI is InChI=1S/C25H24F3N5O/c1-32-20(18-8-3-2-4-9-18)13-19-24(32)31-22(14-30-19)33-12-6-7-17(15-33)16-34-21-10-5-11-29-23(21)25(26,27)28/h2-5,8-11,13-14,17H,6-7,12,15-16H2,1H3. The highest BCUT2D eigenvalue weighted by molar-refractivity contribution is 5.81. The van der Waals surface area contributed by atoms with Crippen molar-refractivity contribution in [1.29, 1.82) is 0 Å². The summed E-state index contributed by atoms with van der Waals surface area (Å²) in [7, 11) is 1.97. The van der Waals surface area contributed by atoms with E-state index in [-0.39, 0.29) is 18.3 Å². The van der Waals surface area contributed by atoms with E-state index < -0.39 is 11.9 Å². The molecule has 6 nitrogen and oxygen atoms in total. The number of anilines is 1. The smallest absolute Gasteiger partial charge is 0.437 e. The van der Waals surface area contributed by atoms with Crippen LogP contribution in [-0.2, 0) is 13.2 Å². The molecule has 4 heterocycles. The Morgan fingerprint density at radius 3 is 2.71 bits per heavy atom. The molecular weight excluding hydrogens is 443 g/mol. The quantitative estimate of drug-likeness (QED) is 0.396. The molecule has 1 aliphatic heterocycles. The second-order valence-corrected chi connectivity index (χ2v) is 8.50. The number of fused-ring (bicyclic) bond motifs is 1. The lowest BCUT2D eigenvalue weighted by molar-refractivity contribution is -0.142. The molecule has 0 radical (unpaired) electrons. The predicted molar refractivity (Wildman–Crippen MR) is 124 cm³/mol. The molecule has 1 unspecified atom stereocenters. The number of hydrogen-bond acceptors (Lipinski definition) is 5. The van der Waals surface area contributed by atoms with Gasteiger partial charge in [-0.25, -0.2) is 15.0 Å². The molecular formula is C25H24F3N5O. The van der Waals surface area contributed by atoms with Crippen LogP contribution in [0, 0.1) is 5.92 Å². The van der Waals surface area contributed by atoms with Crippen LogP contribution in [0.2, 0.25) is 0 Å². The van der Waals surface area contributed by atoms with Gasteiger partial charge in [-0.15, -0.1) is 0 Å². The molecule has 0 N–H and O–H groups in total. The van der Waals surface area contributed by atoms with Crippen LogP contribution in [0.5, 0.6) is 5.75 Å². The van der Waals surface area contributed by atoms with Crippen LogP contribution in [0.15, 0.2) is 60.9 Å². The van der Waals surface area contributed by atoms with Gasteiger partial charge in [0, 0.05) is 32.3 Å². The first-order valence-corrected chi connectivity index (χ1v) is 11.2. The Morgan fingerprint density at radius 2 is 1.91 bits per heavy atom. The number of aromatic nitrogens is 4. The lowest BCUT2D eigenvalue weighted by Crippen LogP contribution is -2.38. The van der Waals surface area contributed by atoms with E-state index in [0.29, 0.717) is 6.54 Å². The Bertz CT molecular complexity index is 1290. The fourth-order valence-corrected chi connectivity index (χ4v) is 4.44. The first kappa shape index (κ1) is 22.2. The zero-order valence-electron chi connectivity index (χ0n) is 18.7. The van der Waals surface area contributed by atoms with Crippen LogP contribution in [0.25, 0.3) is 22.4 Å². The van der Waals surface area contributed by atoms with Crippen LogP contribution < -0.4 is 9.64 Å². The molecule has 0 amide bonds. The largest absolute Gasteiger partial charge is 0.491 e. The Morgan fingerprint density at radius 1 is 1.09 bits per heavy atom. The first-order chi connectivity index (χ1) is 16.4. The number of rotatable bonds is 5. The molecule has 0 aliphatic carbocycles. The summed E-state index contributed by atoms with van der Waals surface area (Å²) in [6, 6.07) is 14.9. The highest BCUT2D eigenvalue weighted by Gasteiger charge is 2.36. The normalized spacial score (nSPS) is 16.7. The summed E-state index contributed by atoms with van der Waals surface area (Å²) in [6.45, 7) is 1.63. The summed E-state index contributed by atoms with van der Waals surface area (Å²) in [4.78, 5) is 15.1. The van der Waals surface area contributed by atoms with Gasteiger partial charge in [0.25, 0.3) is 0 Å². The van der Waals surface area contributed by atoms with Gasteiger partial charge in [0.2, 0.25) is 0 Å². The van der Waals surface area contributed by atoms with E-state index in [9.17, 15) is 13.2 Å². The van der Waals surface area contributed by atoms with Crippen LogP contribution >= 0.6 is 0 Å². The molecule has 1 atom stereocenters. The Labute approximate surface area is 195 Å². The molecule has 176 valence electrons. The molecule has 5 rings (SSSR count). The van der Waals surface area contributed by atoms with Gasteiger partial charge < -0.3 is 14.2 Å². The van der Waals surface area contributed by atoms with Gasteiger partial charge in [-0.2, -0.15) is 13.2 Å². The molecule has 9 heteroatoms. The molecule has 1 aromatic carbocycles. The maximum absolute atomic E-state index is 13.2. The summed E-state index contributed by atoms with van der Waals surface area (Å²) < 4.78 is 47.2. The molecule has 1 saturated heterocycles. The molecule has 1 aliphatic rings. The zero-order chi connectivity index (χ0) is 23.7. The molecule has 0 saturated carbocycles. The lowest BCUT2D eigenvalue weighted by Gasteiger charge is -2.33. The number of ether oxygens (including phenoxy) is 1. The van der Waals surface area contributed by atoms with Crippen molar-refractivity contribution < 1.29 is 17.9 Å². The summed E-state index contributed by atoms with van der Waals surface area (Å²) in [5.41, 5.74) is 2.75. The van der Waals surface area contributed by atoms with E-state index in [2.05, 4.69) is 27.0 Å². The van der Waals surface area contributed by atoms with E-state index in [4.69, 9.17) is 9.72 Å². The van der Waals surface area contributed by atoms with Crippen molar-refractivity contribution in [3.05, 3.63) is 66.6 Å². The zero-order valence-corrected chi connectivity index (χ0v) is 18.7. The second kappa shape index (κ2) is 8.96. The van der Waals surface area contributed by atoms with Crippen LogP contribution in [0.4, 0.5) is 19.0 Å². The summed E-state index contributed by atoms with van der Waals surface area (Å²) in [5.74, 6) is 0.599. The number of nitrogens with zero attached hydrogens (tertiary/aromatic N) is 5. The number of aryl methyl sites for hydroxylation is 1. The summed E-state index contributed by atoms with van der Waals surface area (Å²) >= 11 is 0. The maximum atomic E-state index is 13.2. The average molecular weight is 467 g/mol. The lowest BCUT2D eigenvalue weighted by atomic mass is 9.99. The second-order valence-electron chi connectivity index (χ2n) is 8.50. The van der Waals surface area contributed by atoms with Crippen molar-refractivity contribution in [1.82, 2.24) is 19.5 Å². The molecule has 4 aromatic rings. The van der Waals surface area contributed by atoms with Crippen molar-refractivity contribution in [2.24, 2.45) is 13.0 Å². The molecule has 0 bridgehead atoms. The molecule has 3 aromatic heterocycles. The minimum absolute atomic E-state index is 0.0702. The summed E-state index contributed by atoms with van der Waals surface area (Å²) in [5, 5.41) is 0. The topological polar surface area (TPSA) is 56.1 Å². The predicted octanol–water partition coefficient (Wildman–Crippen LogP) is 5.34. The van der Waals surface area contributed by atoms with Gasteiger partial charge in [0.1, 0.15) is 17.1 Å². The summed E-state index contributed by atoms with van der Waals surface area (Å²) in [6.07, 6.45) is 0.113. The monoisotopic (exact) mass is 467 g/mol. The number of benzene rings is 1. The van der Waals surface area contributed by atoms with Crippen LogP contribution in [-0.4, -0.2) is 39.2 Å². The fourth-order valence-electron chi connectivity index (χ4n) is 4.44. The van der Waals surface area contributed by atoms with Gasteiger partial charge in [0.15, 0.2) is 11.3 Å². The third kappa shape index (κ3) is 4.42. The highest BCUT2D eigenvalue weighted by atomic mass is 19.4. The fraction of sp³-hybridized carbons (Fsp3) is 0.320. The molecule has 1 fully saturated rings. The van der Waals surface area contributed by atoms with Crippen molar-refractivity contribution >= 4 is 17.0 Å². The Balaban J connectivity index is 1.32. The van der Waals surface area contributed by atoms with Crippen molar-refractivity contribution in [3.63, 3.8) is 0 Å². The minimum atomic E-state index is -4.55. The number of hydrogen-bond donors (Lipinski definition) is 0. The highest BCUT2D eigenvalue weighted by Crippen LogP contribution is 2.35. The minimum Gasteiger partial charge on any atom is -0.491 e. The van der Waals surface area contributed by atoms with E-state index >= 15 is 0 Å². The van der Waals surface area contributed by atoms with E-state index in [0.717, 1.165) is 53.8 Å². The Kier molecular flexibility index (Phi) is 5.85. The third-order valence-corrected chi connectivity index (χ3v) is 6.15.